The van der Waals surface area contributed by atoms with Crippen molar-refractivity contribution in [2.75, 3.05) is 0 Å². The summed E-state index contributed by atoms with van der Waals surface area (Å²) in [5.74, 6) is 2.84. The van der Waals surface area contributed by atoms with Crippen molar-refractivity contribution in [3.8, 4) is 11.8 Å². The first kappa shape index (κ1) is 22.2. The maximum Gasteiger partial charge on any atom is 0.336 e. The van der Waals surface area contributed by atoms with Crippen LogP contribution in [0.1, 0.15) is 31.9 Å². The molecule has 0 atom stereocenters. The van der Waals surface area contributed by atoms with E-state index in [1.54, 1.807) is 19.1 Å². The fourth-order valence-electron chi connectivity index (χ4n) is 3.28. The van der Waals surface area contributed by atoms with Gasteiger partial charge in [0, 0.05) is 18.2 Å². The van der Waals surface area contributed by atoms with Crippen molar-refractivity contribution in [2.24, 2.45) is 0 Å². The van der Waals surface area contributed by atoms with E-state index in [9.17, 15) is 23.2 Å². The summed E-state index contributed by atoms with van der Waals surface area (Å²) in [4.78, 5) is 37.8. The zero-order chi connectivity index (χ0) is 23.7. The molecule has 2 aromatic heterocycles. The molecule has 0 radical (unpaired) electrons. The van der Waals surface area contributed by atoms with Crippen LogP contribution in [0.5, 0.6) is 0 Å². The number of halogens is 2. The Morgan fingerprint density at radius 1 is 1.06 bits per heavy atom. The lowest BCUT2D eigenvalue weighted by Gasteiger charge is -2.08. The van der Waals surface area contributed by atoms with Crippen LogP contribution in [-0.4, -0.2) is 20.0 Å². The number of aromatic nitrogens is 2. The van der Waals surface area contributed by atoms with E-state index in [0.717, 1.165) is 16.7 Å². The molecule has 0 aliphatic carbocycles. The van der Waals surface area contributed by atoms with Crippen LogP contribution in [0.3, 0.4) is 0 Å². The minimum Gasteiger partial charge on any atom is -0.478 e. The Kier molecular flexibility index (Phi) is 5.94. The molecule has 0 saturated carbocycles. The summed E-state index contributed by atoms with van der Waals surface area (Å²) >= 11 is 1.19. The van der Waals surface area contributed by atoms with Crippen LogP contribution < -0.4 is 11.2 Å². The second kappa shape index (κ2) is 8.84. The zero-order valence-electron chi connectivity index (χ0n) is 17.3. The van der Waals surface area contributed by atoms with Crippen molar-refractivity contribution in [3.05, 3.63) is 108 Å². The highest BCUT2D eigenvalue weighted by Gasteiger charge is 2.14. The number of rotatable bonds is 4. The van der Waals surface area contributed by atoms with Crippen molar-refractivity contribution in [1.82, 2.24) is 8.97 Å². The van der Waals surface area contributed by atoms with Gasteiger partial charge in [-0.3, -0.25) is 13.8 Å². The predicted molar refractivity (Wildman–Crippen MR) is 120 cm³/mol. The lowest BCUT2D eigenvalue weighted by molar-refractivity contribution is 0.0697. The summed E-state index contributed by atoms with van der Waals surface area (Å²) in [5.41, 5.74) is 0.650. The molecule has 4 rings (SSSR count). The summed E-state index contributed by atoms with van der Waals surface area (Å²) in [5, 5.41) is 9.01. The molecule has 2 aromatic carbocycles. The fraction of sp³-hybridized carbons (Fsp3) is 0.125. The molecule has 0 amide bonds. The molecular weight excluding hydrogens is 450 g/mol. The van der Waals surface area contributed by atoms with Gasteiger partial charge >= 0.3 is 11.7 Å². The molecule has 6 nitrogen and oxygen atoms in total. The predicted octanol–water partition coefficient (Wildman–Crippen LogP) is 3.45. The van der Waals surface area contributed by atoms with Crippen LogP contribution in [0.2, 0.25) is 0 Å². The normalized spacial score (nSPS) is 10.8. The molecule has 2 heterocycles. The largest absolute Gasteiger partial charge is 0.478 e. The number of benzene rings is 2. The van der Waals surface area contributed by atoms with E-state index in [2.05, 4.69) is 11.8 Å². The van der Waals surface area contributed by atoms with Crippen molar-refractivity contribution in [3.63, 3.8) is 0 Å². The zero-order valence-corrected chi connectivity index (χ0v) is 18.1. The van der Waals surface area contributed by atoms with E-state index in [1.165, 1.54) is 40.1 Å². The van der Waals surface area contributed by atoms with Gasteiger partial charge in [0.05, 0.1) is 17.0 Å². The summed E-state index contributed by atoms with van der Waals surface area (Å²) in [7, 11) is 0. The monoisotopic (exact) mass is 466 g/mol. The van der Waals surface area contributed by atoms with Crippen LogP contribution in [0.15, 0.2) is 58.3 Å². The van der Waals surface area contributed by atoms with Crippen molar-refractivity contribution < 1.29 is 18.7 Å². The summed E-state index contributed by atoms with van der Waals surface area (Å²) in [6.07, 6.45) is 1.73. The molecule has 0 fully saturated rings. The molecule has 166 valence electrons. The number of thiazole rings is 1. The minimum atomic E-state index is -1.06. The van der Waals surface area contributed by atoms with Gasteiger partial charge in [0.2, 0.25) is 0 Å². The van der Waals surface area contributed by atoms with Crippen molar-refractivity contribution in [1.29, 1.82) is 0 Å². The van der Waals surface area contributed by atoms with E-state index in [0.29, 0.717) is 26.4 Å². The highest BCUT2D eigenvalue weighted by atomic mass is 32.1. The number of fused-ring (bicyclic) bond motifs is 1. The molecule has 0 aliphatic heterocycles. The van der Waals surface area contributed by atoms with Gasteiger partial charge in [-0.1, -0.05) is 30.0 Å². The van der Waals surface area contributed by atoms with Gasteiger partial charge in [-0.2, -0.15) is 0 Å². The Balaban J connectivity index is 1.65. The molecule has 4 aromatic rings. The third-order valence-electron chi connectivity index (χ3n) is 5.03. The van der Waals surface area contributed by atoms with Gasteiger partial charge in [0.25, 0.3) is 5.56 Å². The third kappa shape index (κ3) is 4.47. The fourth-order valence-corrected chi connectivity index (χ4v) is 4.24. The van der Waals surface area contributed by atoms with E-state index in [4.69, 9.17) is 5.11 Å². The van der Waals surface area contributed by atoms with E-state index in [-0.39, 0.29) is 18.5 Å². The molecule has 9 heteroatoms. The maximum atomic E-state index is 13.3. The quantitative estimate of drug-likeness (QED) is 0.467. The highest BCUT2D eigenvalue weighted by Crippen LogP contribution is 2.17. The maximum absolute atomic E-state index is 13.3. The molecule has 0 saturated heterocycles. The topological polar surface area (TPSA) is 80.8 Å². The average Bonchev–Trinajstić information content (AvgIpc) is 3.22. The Hall–Kier alpha value is -4.03. The number of carboxylic acids is 1. The second-order valence-corrected chi connectivity index (χ2v) is 8.33. The first-order chi connectivity index (χ1) is 15.7. The number of carboxylic acid groups (broad SMARTS) is 1. The SMILES string of the molecule is Cc1c(=O)n(Cc2ccc(C(=O)O)cc2)c(=O)n2cc(C#CCc3ccc(F)c(F)c3)sc12. The molecule has 0 unspecified atom stereocenters. The Morgan fingerprint density at radius 2 is 1.76 bits per heavy atom. The smallest absolute Gasteiger partial charge is 0.336 e. The summed E-state index contributed by atoms with van der Waals surface area (Å²) in [6.45, 7) is 1.62. The third-order valence-corrected chi connectivity index (χ3v) is 6.15. The minimum absolute atomic E-state index is 0.00562. The number of nitrogens with zero attached hydrogens (tertiary/aromatic N) is 2. The van der Waals surface area contributed by atoms with E-state index >= 15 is 0 Å². The number of hydrogen-bond acceptors (Lipinski definition) is 4. The molecule has 0 aliphatic rings. The molecule has 0 spiro atoms. The number of hydrogen-bond donors (Lipinski definition) is 1. The van der Waals surface area contributed by atoms with Gasteiger partial charge in [-0.25, -0.2) is 18.4 Å². The van der Waals surface area contributed by atoms with Crippen molar-refractivity contribution >= 4 is 22.1 Å². The molecule has 1 N–H and O–H groups in total. The summed E-state index contributed by atoms with van der Waals surface area (Å²) < 4.78 is 28.8. The number of aryl methyl sites for hydroxylation is 1. The molecule has 0 bridgehead atoms. The van der Waals surface area contributed by atoms with Crippen LogP contribution in [0.25, 0.3) is 4.83 Å². The highest BCUT2D eigenvalue weighted by molar-refractivity contribution is 7.18. The standard InChI is InChI=1S/C24H16F2N2O4S/c1-14-21(29)27(12-16-5-8-17(9-6-16)23(30)31)24(32)28-13-18(33-22(14)28)4-2-3-15-7-10-19(25)20(26)11-15/h5-11,13H,3,12H2,1H3,(H,30,31). The van der Waals surface area contributed by atoms with Crippen LogP contribution >= 0.6 is 11.3 Å². The number of carbonyl (C=O) groups is 1. The van der Waals surface area contributed by atoms with E-state index < -0.39 is 28.9 Å². The van der Waals surface area contributed by atoms with Gasteiger partial charge in [0.15, 0.2) is 11.6 Å². The lowest BCUT2D eigenvalue weighted by atomic mass is 10.1. The summed E-state index contributed by atoms with van der Waals surface area (Å²) in [6, 6.07) is 9.51. The first-order valence-electron chi connectivity index (χ1n) is 9.75. The number of aromatic carboxylic acids is 1. The van der Waals surface area contributed by atoms with Crippen LogP contribution in [0.4, 0.5) is 8.78 Å². The van der Waals surface area contributed by atoms with Gasteiger partial charge in [-0.15, -0.1) is 11.3 Å². The average molecular weight is 466 g/mol. The Bertz CT molecular complexity index is 1570. The Morgan fingerprint density at radius 3 is 2.42 bits per heavy atom. The van der Waals surface area contributed by atoms with E-state index in [1.807, 2.05) is 0 Å². The lowest BCUT2D eigenvalue weighted by Crippen LogP contribution is -2.38. The molecular formula is C24H16F2N2O4S. The second-order valence-electron chi connectivity index (χ2n) is 7.30. The van der Waals surface area contributed by atoms with Crippen LogP contribution in [0, 0.1) is 30.4 Å². The van der Waals surface area contributed by atoms with Gasteiger partial charge < -0.3 is 5.11 Å². The van der Waals surface area contributed by atoms with Gasteiger partial charge in [0.1, 0.15) is 4.83 Å². The van der Waals surface area contributed by atoms with Crippen molar-refractivity contribution in [2.45, 2.75) is 19.9 Å². The van der Waals surface area contributed by atoms with Gasteiger partial charge in [-0.05, 0) is 42.3 Å². The first-order valence-corrected chi connectivity index (χ1v) is 10.6. The molecule has 33 heavy (non-hydrogen) atoms. The Labute approximate surface area is 190 Å². The van der Waals surface area contributed by atoms with Crippen LogP contribution in [-0.2, 0) is 13.0 Å².